The van der Waals surface area contributed by atoms with Crippen molar-refractivity contribution in [3.8, 4) is 0 Å². The molecule has 0 N–H and O–H groups in total. The molecule has 0 saturated heterocycles. The molecule has 2 aromatic carbocycles. The summed E-state index contributed by atoms with van der Waals surface area (Å²) in [5.41, 5.74) is 2.42. The summed E-state index contributed by atoms with van der Waals surface area (Å²) in [6.07, 6.45) is 5.68. The van der Waals surface area contributed by atoms with Gasteiger partial charge >= 0.3 is 0 Å². The van der Waals surface area contributed by atoms with Gasteiger partial charge in [-0.1, -0.05) is 96.2 Å². The molecule has 0 aliphatic heterocycles. The van der Waals surface area contributed by atoms with Gasteiger partial charge < -0.3 is 0 Å². The minimum atomic E-state index is -0.859. The molecule has 2 aliphatic carbocycles. The van der Waals surface area contributed by atoms with Crippen molar-refractivity contribution in [2.75, 3.05) is 0 Å². The predicted octanol–water partition coefficient (Wildman–Crippen LogP) is 6.09. The Balaban J connectivity index is 2.17. The quantitative estimate of drug-likeness (QED) is 0.570. The first-order valence-electron chi connectivity index (χ1n) is 11.3. The van der Waals surface area contributed by atoms with Gasteiger partial charge in [0.05, 0.1) is 5.41 Å². The fourth-order valence-electron chi connectivity index (χ4n) is 4.74. The average Bonchev–Trinajstić information content (AvgIpc) is 2.91. The van der Waals surface area contributed by atoms with Crippen LogP contribution in [0.3, 0.4) is 0 Å². The topological polar surface area (TPSA) is 51.2 Å². The van der Waals surface area contributed by atoms with E-state index in [0.29, 0.717) is 22.3 Å². The fraction of sp³-hybridized carbons (Fsp3) is 0.300. The van der Waals surface area contributed by atoms with Crippen LogP contribution < -0.4 is 5.43 Å². The van der Waals surface area contributed by atoms with Crippen LogP contribution in [0.1, 0.15) is 63.0 Å². The molecular formula is C30H30O3. The first-order valence-corrected chi connectivity index (χ1v) is 11.3. The van der Waals surface area contributed by atoms with Gasteiger partial charge in [-0.2, -0.15) is 0 Å². The fourth-order valence-corrected chi connectivity index (χ4v) is 4.74. The molecule has 0 unspecified atom stereocenters. The number of benzene rings is 1. The zero-order chi connectivity index (χ0) is 24.2. The lowest BCUT2D eigenvalue weighted by molar-refractivity contribution is -0.114. The maximum atomic E-state index is 13.7. The highest BCUT2D eigenvalue weighted by Gasteiger charge is 2.45. The highest BCUT2D eigenvalue weighted by molar-refractivity contribution is 6.19. The Labute approximate surface area is 195 Å². The van der Waals surface area contributed by atoms with Gasteiger partial charge in [0.2, 0.25) is 0 Å². The Kier molecular flexibility index (Phi) is 5.28. The van der Waals surface area contributed by atoms with Gasteiger partial charge in [0.1, 0.15) is 0 Å². The van der Waals surface area contributed by atoms with E-state index in [4.69, 9.17) is 0 Å². The zero-order valence-electron chi connectivity index (χ0n) is 20.2. The molecule has 2 aliphatic rings. The first kappa shape index (κ1) is 22.8. The van der Waals surface area contributed by atoms with Crippen molar-refractivity contribution in [2.24, 2.45) is 10.8 Å². The molecule has 3 nitrogen and oxygen atoms in total. The number of carbonyl (C=O) groups is 2. The molecular weight excluding hydrogens is 408 g/mol. The number of hydrogen-bond donors (Lipinski definition) is 0. The second-order valence-electron chi connectivity index (χ2n) is 11.0. The summed E-state index contributed by atoms with van der Waals surface area (Å²) in [5.74, 6) is -0.0888. The molecule has 0 aromatic heterocycles. The monoisotopic (exact) mass is 438 g/mol. The van der Waals surface area contributed by atoms with Crippen LogP contribution in [0.5, 0.6) is 0 Å². The van der Waals surface area contributed by atoms with Crippen LogP contribution in [0, 0.1) is 10.8 Å². The number of rotatable bonds is 2. The molecule has 0 atom stereocenters. The van der Waals surface area contributed by atoms with Gasteiger partial charge in [-0.25, -0.2) is 0 Å². The Bertz CT molecular complexity index is 1270. The zero-order valence-corrected chi connectivity index (χ0v) is 20.2. The largest absolute Gasteiger partial charge is 0.290 e. The van der Waals surface area contributed by atoms with Crippen LogP contribution in [-0.4, -0.2) is 11.6 Å². The molecule has 168 valence electrons. The van der Waals surface area contributed by atoms with Crippen molar-refractivity contribution < 1.29 is 9.59 Å². The van der Waals surface area contributed by atoms with Crippen molar-refractivity contribution in [1.82, 2.24) is 0 Å². The molecule has 0 amide bonds. The molecule has 3 heteroatoms. The van der Waals surface area contributed by atoms with Gasteiger partial charge in [-0.15, -0.1) is 0 Å². The van der Waals surface area contributed by atoms with E-state index in [9.17, 15) is 14.4 Å². The highest BCUT2D eigenvalue weighted by Crippen LogP contribution is 2.51. The van der Waals surface area contributed by atoms with Crippen molar-refractivity contribution in [3.05, 3.63) is 111 Å². The minimum absolute atomic E-state index is 0.0369. The Morgan fingerprint density at radius 3 is 1.79 bits per heavy atom. The standard InChI is InChI=1S/C30H30O3/c1-28(2,3)24-17-30(19-11-8-7-9-12-19,18-25(27(24)33)29(4,5)6)23-16-26(32)21-14-10-13-20(31)15-22(21)23/h7-18H,1-6H3. The van der Waals surface area contributed by atoms with Crippen molar-refractivity contribution >= 4 is 17.1 Å². The van der Waals surface area contributed by atoms with Gasteiger partial charge in [-0.3, -0.25) is 14.4 Å². The van der Waals surface area contributed by atoms with Crippen LogP contribution in [0.15, 0.2) is 88.8 Å². The summed E-state index contributed by atoms with van der Waals surface area (Å²) >= 11 is 0. The molecule has 33 heavy (non-hydrogen) atoms. The summed E-state index contributed by atoms with van der Waals surface area (Å²) in [4.78, 5) is 39.3. The molecule has 0 saturated carbocycles. The van der Waals surface area contributed by atoms with Crippen LogP contribution >= 0.6 is 0 Å². The van der Waals surface area contributed by atoms with Gasteiger partial charge in [-0.05, 0) is 45.7 Å². The third-order valence-corrected chi connectivity index (χ3v) is 6.48. The van der Waals surface area contributed by atoms with E-state index in [1.807, 2.05) is 84.0 Å². The van der Waals surface area contributed by atoms with E-state index >= 15 is 0 Å². The van der Waals surface area contributed by atoms with Crippen LogP contribution in [0.25, 0.3) is 5.57 Å². The average molecular weight is 439 g/mol. The lowest BCUT2D eigenvalue weighted by Gasteiger charge is -2.40. The van der Waals surface area contributed by atoms with Gasteiger partial charge in [0.15, 0.2) is 17.0 Å². The minimum Gasteiger partial charge on any atom is -0.290 e. The number of carbonyl (C=O) groups excluding carboxylic acids is 2. The van der Waals surface area contributed by atoms with Crippen LogP contribution in [0.2, 0.25) is 0 Å². The lowest BCUT2D eigenvalue weighted by atomic mass is 9.61. The second-order valence-corrected chi connectivity index (χ2v) is 11.0. The molecule has 0 spiro atoms. The summed E-state index contributed by atoms with van der Waals surface area (Å²) in [6.45, 7) is 12.2. The van der Waals surface area contributed by atoms with Crippen molar-refractivity contribution in [1.29, 1.82) is 0 Å². The normalized spacial score (nSPS) is 17.8. The highest BCUT2D eigenvalue weighted by atomic mass is 16.1. The summed E-state index contributed by atoms with van der Waals surface area (Å²) < 4.78 is 0. The molecule has 2 aromatic rings. The summed E-state index contributed by atoms with van der Waals surface area (Å²) in [5, 5.41) is 0. The molecule has 4 rings (SSSR count). The summed E-state index contributed by atoms with van der Waals surface area (Å²) in [6, 6.07) is 16.3. The SMILES string of the molecule is CC(C)(C)C1=CC(C2=CC(=O)c3cccc(=O)cc32)(c2ccccc2)C=C(C(C)(C)C)C1=O. The van der Waals surface area contributed by atoms with E-state index in [0.717, 1.165) is 11.1 Å². The van der Waals surface area contributed by atoms with Crippen LogP contribution in [0.4, 0.5) is 0 Å². The maximum absolute atomic E-state index is 13.7. The van der Waals surface area contributed by atoms with E-state index in [2.05, 4.69) is 0 Å². The maximum Gasteiger partial charge on any atom is 0.186 e. The molecule has 0 heterocycles. The van der Waals surface area contributed by atoms with E-state index in [1.165, 1.54) is 6.07 Å². The van der Waals surface area contributed by atoms with Crippen molar-refractivity contribution in [2.45, 2.75) is 47.0 Å². The molecule has 0 bridgehead atoms. The Morgan fingerprint density at radius 2 is 1.24 bits per heavy atom. The van der Waals surface area contributed by atoms with Crippen molar-refractivity contribution in [3.63, 3.8) is 0 Å². The number of ketones is 2. The van der Waals surface area contributed by atoms with Crippen LogP contribution in [-0.2, 0) is 10.2 Å². The Morgan fingerprint density at radius 1 is 0.667 bits per heavy atom. The molecule has 0 fully saturated rings. The smallest absolute Gasteiger partial charge is 0.186 e. The third kappa shape index (κ3) is 3.86. The Hall–Kier alpha value is -3.33. The van der Waals surface area contributed by atoms with E-state index < -0.39 is 16.2 Å². The first-order chi connectivity index (χ1) is 15.3. The predicted molar refractivity (Wildman–Crippen MR) is 133 cm³/mol. The van der Waals surface area contributed by atoms with E-state index in [1.54, 1.807) is 24.3 Å². The van der Waals surface area contributed by atoms with E-state index in [-0.39, 0.29) is 17.0 Å². The lowest BCUT2D eigenvalue weighted by Crippen LogP contribution is -2.36. The van der Waals surface area contributed by atoms with Gasteiger partial charge in [0, 0.05) is 16.7 Å². The summed E-state index contributed by atoms with van der Waals surface area (Å²) in [7, 11) is 0. The number of fused-ring (bicyclic) bond motifs is 1. The number of Topliss-reactive ketones (excluding diaryl/α,β-unsaturated/α-hetero) is 1. The number of allylic oxidation sites excluding steroid dienone is 6. The number of hydrogen-bond acceptors (Lipinski definition) is 3. The van der Waals surface area contributed by atoms with Gasteiger partial charge in [0.25, 0.3) is 0 Å². The third-order valence-electron chi connectivity index (χ3n) is 6.48. The second kappa shape index (κ2) is 7.62. The molecule has 0 radical (unpaired) electrons.